The van der Waals surface area contributed by atoms with E-state index in [0.717, 1.165) is 6.42 Å². The highest BCUT2D eigenvalue weighted by molar-refractivity contribution is 5.93. The Labute approximate surface area is 158 Å². The van der Waals surface area contributed by atoms with Crippen molar-refractivity contribution in [2.75, 3.05) is 13.2 Å². The molecule has 27 heavy (non-hydrogen) atoms. The van der Waals surface area contributed by atoms with Gasteiger partial charge in [0.2, 0.25) is 5.91 Å². The Morgan fingerprint density at radius 3 is 2.78 bits per heavy atom. The molecule has 0 radical (unpaired) electrons. The zero-order valence-corrected chi connectivity index (χ0v) is 16.0. The maximum atomic E-state index is 12.6. The number of rotatable bonds is 3. The van der Waals surface area contributed by atoms with Gasteiger partial charge in [-0.25, -0.2) is 4.79 Å². The maximum Gasteiger partial charge on any atom is 0.411 e. The molecule has 2 aliphatic heterocycles. The van der Waals surface area contributed by atoms with Crippen molar-refractivity contribution in [1.82, 2.24) is 10.2 Å². The standard InChI is InChI=1S/C20H23N3O4/c1-5-26-19(25)22-18-17(23-10-6-7-15(23)24)16-12(2)13(11-21)8-9-14(16)27-20(18,3)4/h8-9H,5-7,10H2,1-4H3,(H,22,25). The fraction of sp³-hybridized carbons (Fsp3) is 0.450. The molecule has 0 saturated carbocycles. The summed E-state index contributed by atoms with van der Waals surface area (Å²) in [6.07, 6.45) is 0.581. The minimum absolute atomic E-state index is 0.0152. The van der Waals surface area contributed by atoms with Gasteiger partial charge in [0, 0.05) is 18.5 Å². The van der Waals surface area contributed by atoms with Crippen LogP contribution in [0.1, 0.15) is 50.3 Å². The van der Waals surface area contributed by atoms with Gasteiger partial charge in [0.15, 0.2) is 0 Å². The van der Waals surface area contributed by atoms with E-state index in [9.17, 15) is 14.9 Å². The van der Waals surface area contributed by atoms with Gasteiger partial charge < -0.3 is 14.4 Å². The van der Waals surface area contributed by atoms with E-state index in [1.165, 1.54) is 0 Å². The molecular weight excluding hydrogens is 346 g/mol. The van der Waals surface area contributed by atoms with Crippen molar-refractivity contribution in [2.45, 2.75) is 46.1 Å². The molecule has 7 nitrogen and oxygen atoms in total. The number of nitrogens with zero attached hydrogens (tertiary/aromatic N) is 2. The number of likely N-dealkylation sites (tertiary alicyclic amines) is 1. The van der Waals surface area contributed by atoms with Crippen LogP contribution >= 0.6 is 0 Å². The van der Waals surface area contributed by atoms with Gasteiger partial charge in [-0.05, 0) is 51.8 Å². The van der Waals surface area contributed by atoms with Crippen molar-refractivity contribution in [2.24, 2.45) is 0 Å². The third-order valence-electron chi connectivity index (χ3n) is 4.83. The lowest BCUT2D eigenvalue weighted by atomic mass is 9.90. The molecule has 1 N–H and O–H groups in total. The molecule has 7 heteroatoms. The van der Waals surface area contributed by atoms with Crippen LogP contribution in [0, 0.1) is 18.3 Å². The molecule has 3 rings (SSSR count). The zero-order chi connectivity index (χ0) is 19.8. The molecule has 2 heterocycles. The second-order valence-corrected chi connectivity index (χ2v) is 7.05. The highest BCUT2D eigenvalue weighted by atomic mass is 16.5. The van der Waals surface area contributed by atoms with Crippen LogP contribution in [-0.4, -0.2) is 35.7 Å². The molecule has 0 unspecified atom stereocenters. The van der Waals surface area contributed by atoms with Crippen molar-refractivity contribution in [3.05, 3.63) is 34.5 Å². The lowest BCUT2D eigenvalue weighted by Crippen LogP contribution is -2.46. The highest BCUT2D eigenvalue weighted by Gasteiger charge is 2.42. The number of ether oxygens (including phenoxy) is 2. The van der Waals surface area contributed by atoms with Crippen molar-refractivity contribution >= 4 is 17.7 Å². The topological polar surface area (TPSA) is 91.7 Å². The first-order chi connectivity index (χ1) is 12.8. The Hall–Kier alpha value is -3.01. The number of nitriles is 1. The molecule has 142 valence electrons. The minimum Gasteiger partial charge on any atom is -0.481 e. The van der Waals surface area contributed by atoms with Crippen LogP contribution < -0.4 is 10.1 Å². The van der Waals surface area contributed by atoms with Crippen LogP contribution in [0.2, 0.25) is 0 Å². The average molecular weight is 369 g/mol. The Morgan fingerprint density at radius 2 is 2.19 bits per heavy atom. The quantitative estimate of drug-likeness (QED) is 0.884. The molecule has 2 amide bonds. The fourth-order valence-electron chi connectivity index (χ4n) is 3.56. The van der Waals surface area contributed by atoms with Gasteiger partial charge in [-0.2, -0.15) is 5.26 Å². The summed E-state index contributed by atoms with van der Waals surface area (Å²) in [5, 5.41) is 12.2. The Kier molecular flexibility index (Phi) is 4.83. The summed E-state index contributed by atoms with van der Waals surface area (Å²) >= 11 is 0. The van der Waals surface area contributed by atoms with E-state index in [4.69, 9.17) is 9.47 Å². The predicted molar refractivity (Wildman–Crippen MR) is 98.6 cm³/mol. The summed E-state index contributed by atoms with van der Waals surface area (Å²) in [6, 6.07) is 5.62. The van der Waals surface area contributed by atoms with Gasteiger partial charge in [-0.1, -0.05) is 0 Å². The molecule has 0 spiro atoms. The number of nitrogens with one attached hydrogen (secondary N) is 1. The Bertz CT molecular complexity index is 880. The van der Waals surface area contributed by atoms with E-state index in [1.54, 1.807) is 24.0 Å². The third-order valence-corrected chi connectivity index (χ3v) is 4.83. The lowest BCUT2D eigenvalue weighted by Gasteiger charge is -2.39. The van der Waals surface area contributed by atoms with Gasteiger partial charge in [0.1, 0.15) is 11.4 Å². The van der Waals surface area contributed by atoms with Gasteiger partial charge in [0.05, 0.1) is 29.6 Å². The molecule has 1 aromatic carbocycles. The summed E-state index contributed by atoms with van der Waals surface area (Å²) in [4.78, 5) is 26.4. The largest absolute Gasteiger partial charge is 0.481 e. The maximum absolute atomic E-state index is 12.6. The van der Waals surface area contributed by atoms with Gasteiger partial charge >= 0.3 is 6.09 Å². The number of amides is 2. The smallest absolute Gasteiger partial charge is 0.411 e. The van der Waals surface area contributed by atoms with E-state index in [0.29, 0.717) is 46.8 Å². The first-order valence-corrected chi connectivity index (χ1v) is 9.02. The molecular formula is C20H23N3O4. The first-order valence-electron chi connectivity index (χ1n) is 9.02. The molecule has 1 saturated heterocycles. The van der Waals surface area contributed by atoms with Gasteiger partial charge in [-0.15, -0.1) is 0 Å². The van der Waals surface area contributed by atoms with Crippen LogP contribution in [0.25, 0.3) is 5.70 Å². The predicted octanol–water partition coefficient (Wildman–Crippen LogP) is 3.07. The normalized spacial score (nSPS) is 17.9. The molecule has 1 fully saturated rings. The fourth-order valence-corrected chi connectivity index (χ4v) is 3.56. The second kappa shape index (κ2) is 6.95. The molecule has 0 aromatic heterocycles. The number of carbonyl (C=O) groups excluding carboxylic acids is 2. The molecule has 0 bridgehead atoms. The monoisotopic (exact) mass is 369 g/mol. The van der Waals surface area contributed by atoms with E-state index in [2.05, 4.69) is 11.4 Å². The van der Waals surface area contributed by atoms with Gasteiger partial charge in [-0.3, -0.25) is 10.1 Å². The van der Waals surface area contributed by atoms with Crippen molar-refractivity contribution in [3.63, 3.8) is 0 Å². The summed E-state index contributed by atoms with van der Waals surface area (Å²) in [6.45, 7) is 7.97. The van der Waals surface area contributed by atoms with Crippen molar-refractivity contribution < 1.29 is 19.1 Å². The van der Waals surface area contributed by atoms with E-state index in [-0.39, 0.29) is 12.5 Å². The summed E-state index contributed by atoms with van der Waals surface area (Å²) in [7, 11) is 0. The van der Waals surface area contributed by atoms with E-state index in [1.807, 2.05) is 20.8 Å². The van der Waals surface area contributed by atoms with Crippen LogP contribution in [0.5, 0.6) is 5.75 Å². The molecule has 1 aromatic rings. The first kappa shape index (κ1) is 18.8. The summed E-state index contributed by atoms with van der Waals surface area (Å²) < 4.78 is 11.2. The van der Waals surface area contributed by atoms with E-state index < -0.39 is 11.7 Å². The number of fused-ring (bicyclic) bond motifs is 1. The molecule has 0 aliphatic carbocycles. The van der Waals surface area contributed by atoms with E-state index >= 15 is 0 Å². The van der Waals surface area contributed by atoms with Gasteiger partial charge in [0.25, 0.3) is 0 Å². The van der Waals surface area contributed by atoms with Crippen LogP contribution in [0.4, 0.5) is 4.79 Å². The Balaban J connectivity index is 2.27. The number of alkyl carbamates (subject to hydrolysis) is 1. The average Bonchev–Trinajstić information content (AvgIpc) is 3.02. The number of hydrogen-bond acceptors (Lipinski definition) is 5. The summed E-state index contributed by atoms with van der Waals surface area (Å²) in [5.41, 5.74) is 2.03. The third kappa shape index (κ3) is 3.23. The van der Waals surface area contributed by atoms with Crippen LogP contribution in [-0.2, 0) is 9.53 Å². The lowest BCUT2D eigenvalue weighted by molar-refractivity contribution is -0.125. The number of benzene rings is 1. The molecule has 2 aliphatic rings. The highest BCUT2D eigenvalue weighted by Crippen LogP contribution is 2.44. The van der Waals surface area contributed by atoms with Crippen molar-refractivity contribution in [3.8, 4) is 11.8 Å². The SMILES string of the molecule is CCOC(=O)NC1=C(N2CCCC2=O)c2c(ccc(C#N)c2C)OC1(C)C. The zero-order valence-electron chi connectivity index (χ0n) is 16.0. The minimum atomic E-state index is -0.890. The number of carbonyl (C=O) groups is 2. The molecule has 0 atom stereocenters. The second-order valence-electron chi connectivity index (χ2n) is 7.05. The van der Waals surface area contributed by atoms with Crippen molar-refractivity contribution in [1.29, 1.82) is 5.26 Å². The van der Waals surface area contributed by atoms with Crippen LogP contribution in [0.15, 0.2) is 17.8 Å². The Morgan fingerprint density at radius 1 is 1.44 bits per heavy atom. The van der Waals surface area contributed by atoms with Crippen LogP contribution in [0.3, 0.4) is 0 Å². The summed E-state index contributed by atoms with van der Waals surface area (Å²) in [5.74, 6) is 0.569. The number of hydrogen-bond donors (Lipinski definition) is 1.